The van der Waals surface area contributed by atoms with Crippen molar-refractivity contribution in [3.05, 3.63) is 29.8 Å². The van der Waals surface area contributed by atoms with E-state index in [1.807, 2.05) is 38.1 Å². The van der Waals surface area contributed by atoms with Gasteiger partial charge in [0, 0.05) is 18.6 Å². The molecule has 1 aromatic rings. The first kappa shape index (κ1) is 13.0. The molecule has 0 radical (unpaired) electrons. The second-order valence-electron chi connectivity index (χ2n) is 4.39. The summed E-state index contributed by atoms with van der Waals surface area (Å²) in [6.07, 6.45) is 0.732. The van der Waals surface area contributed by atoms with Crippen LogP contribution in [0.1, 0.15) is 19.4 Å². The molecule has 0 fully saturated rings. The maximum absolute atomic E-state index is 9.35. The SMILES string of the molecule is CCOc1ccccc1CC(C)(CN)CO. The molecule has 0 aliphatic carbocycles. The highest BCUT2D eigenvalue weighted by molar-refractivity contribution is 5.34. The van der Waals surface area contributed by atoms with Crippen LogP contribution in [0.4, 0.5) is 0 Å². The van der Waals surface area contributed by atoms with Crippen LogP contribution in [0, 0.1) is 5.41 Å². The van der Waals surface area contributed by atoms with Crippen LogP contribution in [-0.2, 0) is 6.42 Å². The minimum Gasteiger partial charge on any atom is -0.494 e. The van der Waals surface area contributed by atoms with Crippen LogP contribution in [0.2, 0.25) is 0 Å². The molecule has 0 amide bonds. The van der Waals surface area contributed by atoms with Crippen LogP contribution in [-0.4, -0.2) is 24.9 Å². The smallest absolute Gasteiger partial charge is 0.122 e. The molecule has 0 aliphatic rings. The number of aliphatic hydroxyl groups is 1. The van der Waals surface area contributed by atoms with E-state index in [0.717, 1.165) is 17.7 Å². The largest absolute Gasteiger partial charge is 0.494 e. The summed E-state index contributed by atoms with van der Waals surface area (Å²) in [5.41, 5.74) is 6.52. The predicted molar refractivity (Wildman–Crippen MR) is 65.6 cm³/mol. The Morgan fingerprint density at radius 1 is 1.38 bits per heavy atom. The Labute approximate surface area is 97.2 Å². The van der Waals surface area contributed by atoms with Crippen LogP contribution in [0.5, 0.6) is 5.75 Å². The molecular formula is C13H21NO2. The van der Waals surface area contributed by atoms with Gasteiger partial charge in [0.15, 0.2) is 0 Å². The summed E-state index contributed by atoms with van der Waals surface area (Å²) in [5.74, 6) is 0.887. The van der Waals surface area contributed by atoms with Crippen molar-refractivity contribution in [3.63, 3.8) is 0 Å². The zero-order valence-electron chi connectivity index (χ0n) is 10.1. The second kappa shape index (κ2) is 5.87. The van der Waals surface area contributed by atoms with Crippen LogP contribution < -0.4 is 10.5 Å². The normalized spacial score (nSPS) is 14.5. The molecule has 1 unspecified atom stereocenters. The van der Waals surface area contributed by atoms with Gasteiger partial charge in [-0.05, 0) is 25.0 Å². The molecule has 90 valence electrons. The van der Waals surface area contributed by atoms with Gasteiger partial charge < -0.3 is 15.6 Å². The molecular weight excluding hydrogens is 202 g/mol. The lowest BCUT2D eigenvalue weighted by atomic mass is 9.84. The number of hydrogen-bond acceptors (Lipinski definition) is 3. The van der Waals surface area contributed by atoms with Crippen molar-refractivity contribution < 1.29 is 9.84 Å². The highest BCUT2D eigenvalue weighted by Gasteiger charge is 2.23. The van der Waals surface area contributed by atoms with Gasteiger partial charge in [-0.25, -0.2) is 0 Å². The molecule has 1 atom stereocenters. The van der Waals surface area contributed by atoms with E-state index >= 15 is 0 Å². The topological polar surface area (TPSA) is 55.5 Å². The Balaban J connectivity index is 2.87. The van der Waals surface area contributed by atoms with Crippen LogP contribution in [0.25, 0.3) is 0 Å². The molecule has 0 aliphatic heterocycles. The minimum absolute atomic E-state index is 0.0873. The maximum atomic E-state index is 9.35. The van der Waals surface area contributed by atoms with E-state index in [2.05, 4.69) is 0 Å². The van der Waals surface area contributed by atoms with Gasteiger partial charge in [-0.3, -0.25) is 0 Å². The van der Waals surface area contributed by atoms with Crippen LogP contribution >= 0.6 is 0 Å². The molecule has 3 N–H and O–H groups in total. The van der Waals surface area contributed by atoms with E-state index in [4.69, 9.17) is 10.5 Å². The molecule has 0 aromatic heterocycles. The molecule has 0 heterocycles. The predicted octanol–water partition coefficient (Wildman–Crippen LogP) is 1.59. The fourth-order valence-electron chi connectivity index (χ4n) is 1.60. The Morgan fingerprint density at radius 2 is 2.06 bits per heavy atom. The summed E-state index contributed by atoms with van der Waals surface area (Å²) in [5, 5.41) is 9.35. The van der Waals surface area contributed by atoms with Crippen molar-refractivity contribution in [1.82, 2.24) is 0 Å². The Kier molecular flexibility index (Phi) is 4.77. The van der Waals surface area contributed by atoms with E-state index in [9.17, 15) is 5.11 Å². The van der Waals surface area contributed by atoms with Crippen molar-refractivity contribution >= 4 is 0 Å². The Hall–Kier alpha value is -1.06. The molecule has 0 bridgehead atoms. The van der Waals surface area contributed by atoms with Gasteiger partial charge in [-0.1, -0.05) is 25.1 Å². The molecule has 1 rings (SSSR count). The summed E-state index contributed by atoms with van der Waals surface area (Å²) >= 11 is 0. The number of rotatable bonds is 6. The minimum atomic E-state index is -0.271. The monoisotopic (exact) mass is 223 g/mol. The van der Waals surface area contributed by atoms with E-state index in [0.29, 0.717) is 13.2 Å². The first-order valence-corrected chi connectivity index (χ1v) is 5.67. The van der Waals surface area contributed by atoms with E-state index in [-0.39, 0.29) is 12.0 Å². The zero-order valence-corrected chi connectivity index (χ0v) is 10.1. The first-order valence-electron chi connectivity index (χ1n) is 5.67. The fourth-order valence-corrected chi connectivity index (χ4v) is 1.60. The summed E-state index contributed by atoms with van der Waals surface area (Å²) in [7, 11) is 0. The van der Waals surface area contributed by atoms with Crippen LogP contribution in [0.3, 0.4) is 0 Å². The zero-order chi connectivity index (χ0) is 12.0. The number of aliphatic hydroxyl groups excluding tert-OH is 1. The lowest BCUT2D eigenvalue weighted by Crippen LogP contribution is -2.33. The highest BCUT2D eigenvalue weighted by atomic mass is 16.5. The van der Waals surface area contributed by atoms with Gasteiger partial charge in [-0.15, -0.1) is 0 Å². The average Bonchev–Trinajstić information content (AvgIpc) is 2.32. The molecule has 0 saturated carbocycles. The number of para-hydroxylation sites is 1. The first-order chi connectivity index (χ1) is 7.65. The molecule has 3 nitrogen and oxygen atoms in total. The molecule has 0 spiro atoms. The summed E-state index contributed by atoms with van der Waals surface area (Å²) in [6, 6.07) is 7.90. The maximum Gasteiger partial charge on any atom is 0.122 e. The van der Waals surface area contributed by atoms with Gasteiger partial charge in [0.1, 0.15) is 5.75 Å². The lowest BCUT2D eigenvalue weighted by Gasteiger charge is -2.26. The fraction of sp³-hybridized carbons (Fsp3) is 0.538. The summed E-state index contributed by atoms with van der Waals surface area (Å²) < 4.78 is 5.55. The summed E-state index contributed by atoms with van der Waals surface area (Å²) in [6.45, 7) is 5.14. The number of benzene rings is 1. The Morgan fingerprint density at radius 3 is 2.62 bits per heavy atom. The third kappa shape index (κ3) is 3.22. The van der Waals surface area contributed by atoms with Crippen molar-refractivity contribution in [2.75, 3.05) is 19.8 Å². The quantitative estimate of drug-likeness (QED) is 0.770. The van der Waals surface area contributed by atoms with Gasteiger partial charge >= 0.3 is 0 Å². The van der Waals surface area contributed by atoms with Gasteiger partial charge in [0.2, 0.25) is 0 Å². The van der Waals surface area contributed by atoms with E-state index < -0.39 is 0 Å². The second-order valence-corrected chi connectivity index (χ2v) is 4.39. The van der Waals surface area contributed by atoms with Crippen LogP contribution in [0.15, 0.2) is 24.3 Å². The number of ether oxygens (including phenoxy) is 1. The van der Waals surface area contributed by atoms with Crippen molar-refractivity contribution in [3.8, 4) is 5.75 Å². The van der Waals surface area contributed by atoms with E-state index in [1.54, 1.807) is 0 Å². The third-order valence-corrected chi connectivity index (χ3v) is 2.76. The molecule has 0 saturated heterocycles. The third-order valence-electron chi connectivity index (χ3n) is 2.76. The standard InChI is InChI=1S/C13H21NO2/c1-3-16-12-7-5-4-6-11(12)8-13(2,9-14)10-15/h4-7,15H,3,8-10,14H2,1-2H3. The van der Waals surface area contributed by atoms with Crippen molar-refractivity contribution in [2.45, 2.75) is 20.3 Å². The van der Waals surface area contributed by atoms with Crippen molar-refractivity contribution in [1.29, 1.82) is 0 Å². The van der Waals surface area contributed by atoms with Gasteiger partial charge in [0.25, 0.3) is 0 Å². The van der Waals surface area contributed by atoms with E-state index in [1.165, 1.54) is 0 Å². The molecule has 3 heteroatoms. The number of nitrogens with two attached hydrogens (primary N) is 1. The highest BCUT2D eigenvalue weighted by Crippen LogP contribution is 2.27. The summed E-state index contributed by atoms with van der Waals surface area (Å²) in [4.78, 5) is 0. The lowest BCUT2D eigenvalue weighted by molar-refractivity contribution is 0.148. The van der Waals surface area contributed by atoms with Gasteiger partial charge in [0.05, 0.1) is 6.61 Å². The molecule has 1 aromatic carbocycles. The van der Waals surface area contributed by atoms with Crippen molar-refractivity contribution in [2.24, 2.45) is 11.1 Å². The Bertz CT molecular complexity index is 321. The average molecular weight is 223 g/mol. The van der Waals surface area contributed by atoms with Gasteiger partial charge in [-0.2, -0.15) is 0 Å². The molecule has 16 heavy (non-hydrogen) atoms. The number of hydrogen-bond donors (Lipinski definition) is 2.